The number of hydrogen-bond acceptors (Lipinski definition) is 7. The van der Waals surface area contributed by atoms with Crippen LogP contribution in [0.25, 0.3) is 0 Å². The van der Waals surface area contributed by atoms with Gasteiger partial charge in [0.1, 0.15) is 17.3 Å². The smallest absolute Gasteiger partial charge is 0.192 e. The molecule has 1 fully saturated rings. The number of ether oxygens (including phenoxy) is 3. The average Bonchev–Trinajstić information content (AvgIpc) is 2.93. The second-order valence-electron chi connectivity index (χ2n) is 16.6. The minimum atomic E-state index is -2.13. The van der Waals surface area contributed by atoms with E-state index in [-0.39, 0.29) is 52.8 Å². The molecule has 7 nitrogen and oxygen atoms in total. The second-order valence-corrected chi connectivity index (χ2v) is 26.1. The summed E-state index contributed by atoms with van der Waals surface area (Å²) in [6.07, 6.45) is 4.69. The number of carbonyl (C=O) groups is 2. The van der Waals surface area contributed by atoms with Crippen molar-refractivity contribution in [2.24, 2.45) is 5.92 Å². The number of carbonyl (C=O) groups excluding carboxylic acids is 2. The third-order valence-corrected chi connectivity index (χ3v) is 19.3. The molecule has 0 radical (unpaired) electrons. The van der Waals surface area contributed by atoms with E-state index in [9.17, 15) is 9.59 Å². The number of Topliss-reactive ketones (excluding diaryl/α,β-unsaturated/α-hetero) is 2. The molecule has 0 bridgehead atoms. The van der Waals surface area contributed by atoms with E-state index >= 15 is 0 Å². The van der Waals surface area contributed by atoms with Crippen LogP contribution >= 0.6 is 0 Å². The van der Waals surface area contributed by atoms with Crippen molar-refractivity contribution in [3.05, 3.63) is 29.8 Å². The Morgan fingerprint density at radius 2 is 1.52 bits per heavy atom. The van der Waals surface area contributed by atoms with E-state index in [0.717, 1.165) is 43.6 Å². The van der Waals surface area contributed by atoms with E-state index in [1.165, 1.54) is 0 Å². The first-order valence-corrected chi connectivity index (χ1v) is 23.3. The summed E-state index contributed by atoms with van der Waals surface area (Å²) in [7, 11) is -2.26. The monoisotopic (exact) mass is 678 g/mol. The highest BCUT2D eigenvalue weighted by atomic mass is 28.4. The summed E-state index contributed by atoms with van der Waals surface area (Å²) >= 11 is 0. The van der Waals surface area contributed by atoms with Crippen molar-refractivity contribution in [1.29, 1.82) is 0 Å². The highest BCUT2D eigenvalue weighted by molar-refractivity contribution is 6.74. The molecule has 46 heavy (non-hydrogen) atoms. The van der Waals surface area contributed by atoms with Gasteiger partial charge in [0.05, 0.1) is 38.4 Å². The van der Waals surface area contributed by atoms with E-state index in [1.54, 1.807) is 7.11 Å². The third-order valence-electron chi connectivity index (χ3n) is 10.2. The Morgan fingerprint density at radius 3 is 2.11 bits per heavy atom. The van der Waals surface area contributed by atoms with Gasteiger partial charge >= 0.3 is 0 Å². The summed E-state index contributed by atoms with van der Waals surface area (Å²) in [6, 6.07) is 7.81. The zero-order chi connectivity index (χ0) is 34.8. The summed E-state index contributed by atoms with van der Waals surface area (Å²) in [4.78, 5) is 26.3. The van der Waals surface area contributed by atoms with Gasteiger partial charge in [-0.15, -0.1) is 0 Å². The van der Waals surface area contributed by atoms with Crippen LogP contribution in [0.1, 0.15) is 105 Å². The SMILES string of the molecule is COc1ccc(COCC[C@H](CC(=O)CC(=O)C[C@@H]2CCC[C@H](C[C@@H](C)CO[Si](C)(C)C(C)(C)C)O2)O[Si](C)(C)C(C)(C)C)cc1. The van der Waals surface area contributed by atoms with Crippen molar-refractivity contribution in [2.45, 2.75) is 161 Å². The average molecular weight is 679 g/mol. The third kappa shape index (κ3) is 14.0. The second kappa shape index (κ2) is 17.9. The Labute approximate surface area is 283 Å². The largest absolute Gasteiger partial charge is 0.497 e. The van der Waals surface area contributed by atoms with Gasteiger partial charge < -0.3 is 23.1 Å². The molecule has 4 atom stereocenters. The standard InChI is InChI=1S/C37H66O7Si2/c1-28(26-42-45(9,10)36(2,3)4)22-33-14-13-15-34(43-33)24-30(38)23-31(39)25-35(44-46(11,12)37(5,6)7)20-21-41-27-29-16-18-32(40-8)19-17-29/h16-19,28,33-35H,13-15,20-27H2,1-12H3/t28-,33-,34+,35-/m1/s1. The van der Waals surface area contributed by atoms with Crippen LogP contribution in [0.5, 0.6) is 5.75 Å². The van der Waals surface area contributed by atoms with Crippen molar-refractivity contribution in [3.8, 4) is 5.75 Å². The minimum absolute atomic E-state index is 0.0112. The zero-order valence-corrected chi connectivity index (χ0v) is 33.3. The number of rotatable bonds is 19. The number of ketones is 2. The molecule has 2 rings (SSSR count). The molecular formula is C37H66O7Si2. The predicted molar refractivity (Wildman–Crippen MR) is 193 cm³/mol. The quantitative estimate of drug-likeness (QED) is 0.0820. The molecule has 1 aromatic carbocycles. The molecule has 0 saturated carbocycles. The molecule has 1 aliphatic heterocycles. The summed E-state index contributed by atoms with van der Waals surface area (Å²) in [5.41, 5.74) is 1.06. The lowest BCUT2D eigenvalue weighted by molar-refractivity contribution is -0.131. The predicted octanol–water partition coefficient (Wildman–Crippen LogP) is 9.29. The Bertz CT molecular complexity index is 1070. The molecule has 264 valence electrons. The zero-order valence-electron chi connectivity index (χ0n) is 31.3. The highest BCUT2D eigenvalue weighted by Gasteiger charge is 2.40. The van der Waals surface area contributed by atoms with Crippen LogP contribution in [-0.2, 0) is 34.5 Å². The first-order valence-electron chi connectivity index (χ1n) is 17.4. The lowest BCUT2D eigenvalue weighted by atomic mass is 9.94. The van der Waals surface area contributed by atoms with Gasteiger partial charge in [-0.05, 0) is 92.0 Å². The molecule has 1 saturated heterocycles. The maximum atomic E-state index is 13.2. The van der Waals surface area contributed by atoms with Crippen molar-refractivity contribution in [1.82, 2.24) is 0 Å². The summed E-state index contributed by atoms with van der Waals surface area (Å²) in [5.74, 6) is 1.11. The van der Waals surface area contributed by atoms with E-state index < -0.39 is 16.6 Å². The van der Waals surface area contributed by atoms with Crippen LogP contribution in [-0.4, -0.2) is 66.8 Å². The fraction of sp³-hybridized carbons (Fsp3) is 0.784. The normalized spacial score (nSPS) is 19.5. The molecule has 0 N–H and O–H groups in total. The molecule has 1 aliphatic rings. The van der Waals surface area contributed by atoms with E-state index in [1.807, 2.05) is 24.3 Å². The van der Waals surface area contributed by atoms with Gasteiger partial charge in [-0.1, -0.05) is 60.6 Å². The van der Waals surface area contributed by atoms with Crippen LogP contribution in [0, 0.1) is 5.92 Å². The van der Waals surface area contributed by atoms with Gasteiger partial charge in [0.2, 0.25) is 0 Å². The van der Waals surface area contributed by atoms with E-state index in [4.69, 9.17) is 23.1 Å². The molecule has 0 amide bonds. The topological polar surface area (TPSA) is 80.3 Å². The highest BCUT2D eigenvalue weighted by Crippen LogP contribution is 2.39. The summed E-state index contributed by atoms with van der Waals surface area (Å²) in [5, 5.41) is 0.205. The van der Waals surface area contributed by atoms with Gasteiger partial charge in [0, 0.05) is 26.1 Å². The van der Waals surface area contributed by atoms with Gasteiger partial charge in [-0.25, -0.2) is 0 Å². The van der Waals surface area contributed by atoms with Gasteiger partial charge in [-0.2, -0.15) is 0 Å². The number of hydrogen-bond donors (Lipinski definition) is 0. The van der Waals surface area contributed by atoms with E-state index in [0.29, 0.717) is 32.0 Å². The lowest BCUT2D eigenvalue weighted by Gasteiger charge is -2.39. The molecule has 0 spiro atoms. The Morgan fingerprint density at radius 1 is 0.913 bits per heavy atom. The van der Waals surface area contributed by atoms with Crippen LogP contribution in [0.2, 0.25) is 36.3 Å². The summed E-state index contributed by atoms with van der Waals surface area (Å²) in [6.45, 7) is 26.3. The van der Waals surface area contributed by atoms with Crippen LogP contribution < -0.4 is 4.74 Å². The van der Waals surface area contributed by atoms with Gasteiger partial charge in [0.25, 0.3) is 0 Å². The number of benzene rings is 1. The van der Waals surface area contributed by atoms with Crippen molar-refractivity contribution in [3.63, 3.8) is 0 Å². The summed E-state index contributed by atoms with van der Waals surface area (Å²) < 4.78 is 30.7. The Hall–Kier alpha value is -1.37. The Balaban J connectivity index is 1.86. The molecule has 0 aliphatic carbocycles. The van der Waals surface area contributed by atoms with Crippen LogP contribution in [0.15, 0.2) is 24.3 Å². The van der Waals surface area contributed by atoms with Crippen LogP contribution in [0.4, 0.5) is 0 Å². The van der Waals surface area contributed by atoms with Gasteiger partial charge in [0.15, 0.2) is 16.6 Å². The molecule has 1 heterocycles. The Kier molecular flexibility index (Phi) is 15.8. The molecule has 0 aromatic heterocycles. The van der Waals surface area contributed by atoms with E-state index in [2.05, 4.69) is 74.7 Å². The molecular weight excluding hydrogens is 613 g/mol. The van der Waals surface area contributed by atoms with Crippen LogP contribution in [0.3, 0.4) is 0 Å². The first kappa shape index (κ1) is 40.8. The lowest BCUT2D eigenvalue weighted by Crippen LogP contribution is -2.44. The van der Waals surface area contributed by atoms with Crippen molar-refractivity contribution >= 4 is 28.2 Å². The molecule has 9 heteroatoms. The van der Waals surface area contributed by atoms with Gasteiger partial charge in [-0.3, -0.25) is 9.59 Å². The first-order chi connectivity index (χ1) is 21.2. The maximum absolute atomic E-state index is 13.2. The molecule has 0 unspecified atom stereocenters. The fourth-order valence-electron chi connectivity index (χ4n) is 5.18. The maximum Gasteiger partial charge on any atom is 0.192 e. The minimum Gasteiger partial charge on any atom is -0.497 e. The fourth-order valence-corrected chi connectivity index (χ4v) is 7.71. The van der Waals surface area contributed by atoms with Crippen molar-refractivity contribution < 1.29 is 32.7 Å². The van der Waals surface area contributed by atoms with Crippen molar-refractivity contribution in [2.75, 3.05) is 20.3 Å². The molecule has 1 aromatic rings. The number of methoxy groups -OCH3 is 1.